The lowest BCUT2D eigenvalue weighted by Gasteiger charge is -2.28. The van der Waals surface area contributed by atoms with E-state index in [9.17, 15) is 13.2 Å². The highest BCUT2D eigenvalue weighted by atomic mass is 32.2. The molecule has 1 aliphatic rings. The molecule has 37 heavy (non-hydrogen) atoms. The fourth-order valence-corrected chi connectivity index (χ4v) is 5.63. The number of aryl methyl sites for hydroxylation is 2. The molecule has 9 nitrogen and oxygen atoms in total. The van der Waals surface area contributed by atoms with E-state index in [0.717, 1.165) is 19.3 Å². The third-order valence-corrected chi connectivity index (χ3v) is 7.76. The Morgan fingerprint density at radius 3 is 2.62 bits per heavy atom. The number of hydrogen-bond acceptors (Lipinski definition) is 8. The van der Waals surface area contributed by atoms with Crippen molar-refractivity contribution in [1.29, 1.82) is 0 Å². The third kappa shape index (κ3) is 6.95. The second-order valence-corrected chi connectivity index (χ2v) is 11.1. The van der Waals surface area contributed by atoms with Gasteiger partial charge in [0.05, 0.1) is 35.8 Å². The lowest BCUT2D eigenvalue weighted by molar-refractivity contribution is -0.150. The number of ether oxygens (including phenoxy) is 2. The number of sulfonamides is 1. The van der Waals surface area contributed by atoms with Crippen molar-refractivity contribution >= 4 is 16.0 Å². The minimum absolute atomic E-state index is 0.0378. The molecule has 0 bridgehead atoms. The quantitative estimate of drug-likeness (QED) is 0.383. The number of pyridine rings is 1. The number of rotatable bonds is 10. The molecule has 0 spiro atoms. The molecule has 2 heterocycles. The Morgan fingerprint density at radius 2 is 1.89 bits per heavy atom. The fraction of sp³-hybridized carbons (Fsp3) is 0.444. The van der Waals surface area contributed by atoms with Gasteiger partial charge in [0.2, 0.25) is 10.0 Å². The normalized spacial score (nSPS) is 17.9. The summed E-state index contributed by atoms with van der Waals surface area (Å²) in [6.07, 6.45) is 3.12. The predicted molar refractivity (Wildman–Crippen MR) is 138 cm³/mol. The van der Waals surface area contributed by atoms with Crippen LogP contribution in [0.5, 0.6) is 5.75 Å². The van der Waals surface area contributed by atoms with Gasteiger partial charge in [0.25, 0.3) is 0 Å². The molecule has 0 amide bonds. The maximum absolute atomic E-state index is 12.6. The Hall–Kier alpha value is -3.24. The summed E-state index contributed by atoms with van der Waals surface area (Å²) >= 11 is 0. The van der Waals surface area contributed by atoms with Crippen LogP contribution in [0.2, 0.25) is 0 Å². The molecule has 1 saturated carbocycles. The number of benzene rings is 1. The minimum Gasteiger partial charge on any atom is -0.489 e. The summed E-state index contributed by atoms with van der Waals surface area (Å²) in [5.74, 6) is 0.634. The van der Waals surface area contributed by atoms with E-state index in [2.05, 4.69) is 14.9 Å². The summed E-state index contributed by atoms with van der Waals surface area (Å²) in [4.78, 5) is 16.8. The molecule has 1 aliphatic carbocycles. The van der Waals surface area contributed by atoms with Crippen molar-refractivity contribution in [2.24, 2.45) is 5.92 Å². The molecule has 198 valence electrons. The zero-order valence-corrected chi connectivity index (χ0v) is 22.2. The molecule has 10 heteroatoms. The number of carbonyl (C=O) groups is 1. The molecule has 4 rings (SSSR count). The summed E-state index contributed by atoms with van der Waals surface area (Å²) in [7, 11) is -3.56. The van der Waals surface area contributed by atoms with Gasteiger partial charge in [0, 0.05) is 12.1 Å². The second kappa shape index (κ2) is 11.9. The van der Waals surface area contributed by atoms with Crippen molar-refractivity contribution in [3.63, 3.8) is 0 Å². The predicted octanol–water partition coefficient (Wildman–Crippen LogP) is 4.47. The molecule has 0 saturated heterocycles. The van der Waals surface area contributed by atoms with Gasteiger partial charge in [-0.3, -0.25) is 4.79 Å². The Balaban J connectivity index is 1.44. The first-order valence-corrected chi connectivity index (χ1v) is 14.2. The fourth-order valence-electron chi connectivity index (χ4n) is 4.53. The standard InChI is InChI=1S/C27H33N3O6S/c1-4-34-27(31)21-11-8-12-22(15-21)35-25-14-13-24(29-19(25)3)26-23(18(2)30-36-26)16-28-37(32,33)17-20-9-6-5-7-10-20/h5-7,9-10,13-14,21-22,28H,4,8,11-12,15-17H2,1-3H3/t21-,22-/m0/s1. The Bertz CT molecular complexity index is 1320. The van der Waals surface area contributed by atoms with Crippen molar-refractivity contribution in [3.05, 3.63) is 65.0 Å². The van der Waals surface area contributed by atoms with Crippen molar-refractivity contribution in [3.8, 4) is 17.2 Å². The highest BCUT2D eigenvalue weighted by Gasteiger charge is 2.30. The van der Waals surface area contributed by atoms with Crippen molar-refractivity contribution < 1.29 is 27.2 Å². The van der Waals surface area contributed by atoms with Crippen LogP contribution in [0.3, 0.4) is 0 Å². The van der Waals surface area contributed by atoms with E-state index in [4.69, 9.17) is 14.0 Å². The topological polar surface area (TPSA) is 121 Å². The van der Waals surface area contributed by atoms with E-state index >= 15 is 0 Å². The van der Waals surface area contributed by atoms with E-state index in [-0.39, 0.29) is 30.3 Å². The van der Waals surface area contributed by atoms with Crippen molar-refractivity contribution in [1.82, 2.24) is 14.9 Å². The van der Waals surface area contributed by atoms with Gasteiger partial charge in [-0.15, -0.1) is 0 Å². The third-order valence-electron chi connectivity index (χ3n) is 6.46. The molecule has 2 atom stereocenters. The Labute approximate surface area is 217 Å². The SMILES string of the molecule is CCOC(=O)[C@H]1CCC[C@H](Oc2ccc(-c3onc(C)c3CNS(=O)(=O)Cc3ccccc3)nc2C)C1. The van der Waals surface area contributed by atoms with Gasteiger partial charge in [-0.2, -0.15) is 0 Å². The average Bonchev–Trinajstić information content (AvgIpc) is 3.25. The van der Waals surface area contributed by atoms with Crippen LogP contribution in [0.15, 0.2) is 47.0 Å². The first-order chi connectivity index (χ1) is 17.8. The van der Waals surface area contributed by atoms with Gasteiger partial charge in [0.1, 0.15) is 11.4 Å². The Kier molecular flexibility index (Phi) is 8.60. The average molecular weight is 528 g/mol. The number of aromatic nitrogens is 2. The van der Waals surface area contributed by atoms with Gasteiger partial charge < -0.3 is 14.0 Å². The number of hydrogen-bond donors (Lipinski definition) is 1. The van der Waals surface area contributed by atoms with Crippen molar-refractivity contribution in [2.45, 2.75) is 64.9 Å². The summed E-state index contributed by atoms with van der Waals surface area (Å²) < 4.78 is 44.8. The molecule has 0 radical (unpaired) electrons. The zero-order chi connectivity index (χ0) is 26.4. The van der Waals surface area contributed by atoms with Gasteiger partial charge >= 0.3 is 5.97 Å². The summed E-state index contributed by atoms with van der Waals surface area (Å²) in [6, 6.07) is 12.6. The molecule has 0 unspecified atom stereocenters. The largest absolute Gasteiger partial charge is 0.489 e. The second-order valence-electron chi connectivity index (χ2n) is 9.28. The van der Waals surface area contributed by atoms with Crippen LogP contribution < -0.4 is 9.46 Å². The molecule has 1 N–H and O–H groups in total. The van der Waals surface area contributed by atoms with Crippen LogP contribution in [0.4, 0.5) is 0 Å². The first kappa shape index (κ1) is 26.8. The van der Waals surface area contributed by atoms with E-state index in [1.165, 1.54) is 0 Å². The van der Waals surface area contributed by atoms with E-state index in [1.54, 1.807) is 25.1 Å². The highest BCUT2D eigenvalue weighted by molar-refractivity contribution is 7.88. The highest BCUT2D eigenvalue weighted by Crippen LogP contribution is 2.32. The van der Waals surface area contributed by atoms with Gasteiger partial charge in [-0.1, -0.05) is 35.5 Å². The lowest BCUT2D eigenvalue weighted by atomic mass is 9.87. The molecule has 2 aromatic heterocycles. The summed E-state index contributed by atoms with van der Waals surface area (Å²) in [6.45, 7) is 5.84. The number of carbonyl (C=O) groups excluding carboxylic acids is 1. The van der Waals surface area contributed by atoms with Crippen LogP contribution in [0.1, 0.15) is 55.1 Å². The maximum Gasteiger partial charge on any atom is 0.309 e. The van der Waals surface area contributed by atoms with E-state index < -0.39 is 10.0 Å². The first-order valence-electron chi connectivity index (χ1n) is 12.5. The van der Waals surface area contributed by atoms with Gasteiger partial charge in [-0.05, 0) is 64.2 Å². The van der Waals surface area contributed by atoms with Gasteiger partial charge in [-0.25, -0.2) is 18.1 Å². The van der Waals surface area contributed by atoms with Crippen LogP contribution in [0.25, 0.3) is 11.5 Å². The van der Waals surface area contributed by atoms with Crippen LogP contribution in [0, 0.1) is 19.8 Å². The van der Waals surface area contributed by atoms with Crippen LogP contribution in [-0.2, 0) is 31.9 Å². The Morgan fingerprint density at radius 1 is 1.11 bits per heavy atom. The molecular weight excluding hydrogens is 494 g/mol. The molecular formula is C27H33N3O6S. The lowest BCUT2D eigenvalue weighted by Crippen LogP contribution is -2.31. The zero-order valence-electron chi connectivity index (χ0n) is 21.4. The molecule has 1 aromatic carbocycles. The number of nitrogens with zero attached hydrogens (tertiary/aromatic N) is 2. The summed E-state index contributed by atoms with van der Waals surface area (Å²) in [5, 5.41) is 4.04. The van der Waals surface area contributed by atoms with E-state index in [1.807, 2.05) is 38.1 Å². The monoisotopic (exact) mass is 527 g/mol. The minimum atomic E-state index is -3.56. The molecule has 1 fully saturated rings. The number of nitrogens with one attached hydrogen (secondary N) is 1. The van der Waals surface area contributed by atoms with Gasteiger partial charge in [0.15, 0.2) is 5.76 Å². The smallest absolute Gasteiger partial charge is 0.309 e. The van der Waals surface area contributed by atoms with E-state index in [0.29, 0.717) is 52.7 Å². The molecule has 0 aliphatic heterocycles. The maximum atomic E-state index is 12.6. The summed E-state index contributed by atoms with van der Waals surface area (Å²) in [5.41, 5.74) is 3.12. The van der Waals surface area contributed by atoms with Crippen molar-refractivity contribution in [2.75, 3.05) is 6.61 Å². The van der Waals surface area contributed by atoms with Crippen LogP contribution >= 0.6 is 0 Å². The number of esters is 1. The van der Waals surface area contributed by atoms with Crippen LogP contribution in [-0.4, -0.2) is 37.2 Å². The molecule has 3 aromatic rings.